The standard InChI is InChI=1S/C25H31FN2O6S/c1-5-23(29)27-13-12-19-16-28(35(31,32)20-9-7-18(26)8-10-20)21-14-17(6-11-22(21)33-19)15-24(30)34-25(2,3)4/h6-11,14,19H,5,12-13,15-16H2,1-4H3,(H,27,29)/t19-/m0/s1. The molecule has 1 aliphatic heterocycles. The third-order valence-electron chi connectivity index (χ3n) is 5.23. The van der Waals surface area contributed by atoms with Gasteiger partial charge in [0.25, 0.3) is 10.0 Å². The van der Waals surface area contributed by atoms with E-state index in [0.29, 0.717) is 30.7 Å². The van der Waals surface area contributed by atoms with Gasteiger partial charge in [0.05, 0.1) is 23.5 Å². The molecule has 0 fully saturated rings. The predicted molar refractivity (Wildman–Crippen MR) is 129 cm³/mol. The van der Waals surface area contributed by atoms with Crippen molar-refractivity contribution in [3.63, 3.8) is 0 Å². The SMILES string of the molecule is CCC(=O)NCC[C@H]1CN(S(=O)(=O)c2ccc(F)cc2)c2cc(CC(=O)OC(C)(C)C)ccc2O1. The molecule has 10 heteroatoms. The van der Waals surface area contributed by atoms with Crippen molar-refractivity contribution < 1.29 is 31.9 Å². The first-order chi connectivity index (χ1) is 16.4. The summed E-state index contributed by atoms with van der Waals surface area (Å²) in [6.45, 7) is 7.37. The minimum Gasteiger partial charge on any atom is -0.486 e. The van der Waals surface area contributed by atoms with Crippen molar-refractivity contribution in [3.05, 3.63) is 53.8 Å². The van der Waals surface area contributed by atoms with Crippen molar-refractivity contribution in [3.8, 4) is 5.75 Å². The van der Waals surface area contributed by atoms with E-state index in [-0.39, 0.29) is 29.5 Å². The largest absolute Gasteiger partial charge is 0.486 e. The first kappa shape index (κ1) is 26.5. The highest BCUT2D eigenvalue weighted by atomic mass is 32.2. The summed E-state index contributed by atoms with van der Waals surface area (Å²) in [5, 5.41) is 2.76. The monoisotopic (exact) mass is 506 g/mol. The molecule has 8 nitrogen and oxygen atoms in total. The number of sulfonamides is 1. The highest BCUT2D eigenvalue weighted by Gasteiger charge is 2.35. The van der Waals surface area contributed by atoms with Crippen LogP contribution in [0.5, 0.6) is 5.75 Å². The summed E-state index contributed by atoms with van der Waals surface area (Å²) >= 11 is 0. The molecule has 1 N–H and O–H groups in total. The van der Waals surface area contributed by atoms with Gasteiger partial charge in [0.2, 0.25) is 5.91 Å². The maximum atomic E-state index is 13.5. The van der Waals surface area contributed by atoms with E-state index in [9.17, 15) is 22.4 Å². The molecule has 190 valence electrons. The third-order valence-corrected chi connectivity index (χ3v) is 7.03. The van der Waals surface area contributed by atoms with Gasteiger partial charge < -0.3 is 14.8 Å². The number of amides is 1. The summed E-state index contributed by atoms with van der Waals surface area (Å²) in [5.41, 5.74) is 0.200. The Balaban J connectivity index is 1.92. The topological polar surface area (TPSA) is 102 Å². The van der Waals surface area contributed by atoms with Gasteiger partial charge >= 0.3 is 5.97 Å². The fourth-order valence-corrected chi connectivity index (χ4v) is 5.12. The number of fused-ring (bicyclic) bond motifs is 1. The number of ether oxygens (including phenoxy) is 2. The quantitative estimate of drug-likeness (QED) is 0.549. The van der Waals surface area contributed by atoms with Crippen molar-refractivity contribution in [2.45, 2.75) is 63.6 Å². The van der Waals surface area contributed by atoms with Gasteiger partial charge in [-0.25, -0.2) is 12.8 Å². The summed E-state index contributed by atoms with van der Waals surface area (Å²) in [5.74, 6) is -0.757. The van der Waals surface area contributed by atoms with E-state index in [1.54, 1.807) is 45.9 Å². The van der Waals surface area contributed by atoms with Crippen LogP contribution in [0.15, 0.2) is 47.4 Å². The lowest BCUT2D eigenvalue weighted by Crippen LogP contribution is -2.44. The number of hydrogen-bond donors (Lipinski definition) is 1. The van der Waals surface area contributed by atoms with Crippen molar-refractivity contribution in [1.82, 2.24) is 5.32 Å². The van der Waals surface area contributed by atoms with Gasteiger partial charge in [0.15, 0.2) is 0 Å². The zero-order valence-corrected chi connectivity index (χ0v) is 21.2. The summed E-state index contributed by atoms with van der Waals surface area (Å²) in [6.07, 6.45) is 0.174. The number of benzene rings is 2. The summed E-state index contributed by atoms with van der Waals surface area (Å²) in [7, 11) is -4.06. The van der Waals surface area contributed by atoms with E-state index in [1.807, 2.05) is 0 Å². The maximum absolute atomic E-state index is 13.5. The Labute approximate surface area is 205 Å². The lowest BCUT2D eigenvalue weighted by atomic mass is 10.1. The molecule has 0 saturated heterocycles. The Kier molecular flexibility index (Phi) is 8.04. The molecular formula is C25H31FN2O6S. The van der Waals surface area contributed by atoms with Gasteiger partial charge in [-0.15, -0.1) is 0 Å². The third kappa shape index (κ3) is 6.94. The molecule has 0 radical (unpaired) electrons. The average molecular weight is 507 g/mol. The van der Waals surface area contributed by atoms with Crippen molar-refractivity contribution in [1.29, 1.82) is 0 Å². The van der Waals surface area contributed by atoms with Crippen LogP contribution in [0.3, 0.4) is 0 Å². The fraction of sp³-hybridized carbons (Fsp3) is 0.440. The van der Waals surface area contributed by atoms with Crippen LogP contribution < -0.4 is 14.4 Å². The molecule has 0 bridgehead atoms. The molecule has 1 amide bonds. The predicted octanol–water partition coefficient (Wildman–Crippen LogP) is 3.58. The molecule has 3 rings (SSSR count). The van der Waals surface area contributed by atoms with E-state index in [4.69, 9.17) is 9.47 Å². The molecule has 1 aliphatic rings. The smallest absolute Gasteiger partial charge is 0.310 e. The van der Waals surface area contributed by atoms with Crippen LogP contribution in [0.2, 0.25) is 0 Å². The highest BCUT2D eigenvalue weighted by Crippen LogP contribution is 2.38. The van der Waals surface area contributed by atoms with Crippen LogP contribution in [0.25, 0.3) is 0 Å². The Morgan fingerprint density at radius 1 is 1.17 bits per heavy atom. The number of nitrogens with one attached hydrogen (secondary N) is 1. The van der Waals surface area contributed by atoms with Crippen LogP contribution in [0.1, 0.15) is 46.1 Å². The Morgan fingerprint density at radius 3 is 2.49 bits per heavy atom. The Hall–Kier alpha value is -3.14. The minimum absolute atomic E-state index is 0.00933. The normalized spacial score (nSPS) is 15.7. The summed E-state index contributed by atoms with van der Waals surface area (Å²) in [6, 6.07) is 9.50. The number of esters is 1. The van der Waals surface area contributed by atoms with E-state index in [2.05, 4.69) is 5.32 Å². The van der Waals surface area contributed by atoms with Gasteiger partial charge in [-0.3, -0.25) is 13.9 Å². The molecule has 0 unspecified atom stereocenters. The van der Waals surface area contributed by atoms with Crippen LogP contribution in [-0.2, 0) is 30.8 Å². The lowest BCUT2D eigenvalue weighted by Gasteiger charge is -2.36. The van der Waals surface area contributed by atoms with E-state index in [1.165, 1.54) is 16.4 Å². The molecule has 35 heavy (non-hydrogen) atoms. The van der Waals surface area contributed by atoms with Gasteiger partial charge in [0, 0.05) is 19.4 Å². The van der Waals surface area contributed by atoms with Crippen LogP contribution in [0.4, 0.5) is 10.1 Å². The van der Waals surface area contributed by atoms with E-state index >= 15 is 0 Å². The molecule has 1 heterocycles. The number of carbonyl (C=O) groups excluding carboxylic acids is 2. The Bertz CT molecular complexity index is 1180. The molecule has 0 aromatic heterocycles. The molecule has 0 aliphatic carbocycles. The lowest BCUT2D eigenvalue weighted by molar-refractivity contribution is -0.153. The number of hydrogen-bond acceptors (Lipinski definition) is 6. The second kappa shape index (κ2) is 10.6. The number of nitrogens with zero attached hydrogens (tertiary/aromatic N) is 1. The Morgan fingerprint density at radius 2 is 1.86 bits per heavy atom. The fourth-order valence-electron chi connectivity index (χ4n) is 3.62. The molecule has 0 spiro atoms. The number of halogens is 1. The zero-order chi connectivity index (χ0) is 25.8. The van der Waals surface area contributed by atoms with Crippen LogP contribution in [0, 0.1) is 5.82 Å². The van der Waals surface area contributed by atoms with Crippen molar-refractivity contribution >= 4 is 27.6 Å². The first-order valence-corrected chi connectivity index (χ1v) is 12.9. The molecule has 1 atom stereocenters. The molecule has 2 aromatic carbocycles. The molecular weight excluding hydrogens is 475 g/mol. The summed E-state index contributed by atoms with van der Waals surface area (Å²) in [4.78, 5) is 23.8. The van der Waals surface area contributed by atoms with Gasteiger partial charge in [0.1, 0.15) is 23.3 Å². The second-order valence-corrected chi connectivity index (χ2v) is 11.1. The zero-order valence-electron chi connectivity index (χ0n) is 20.3. The van der Waals surface area contributed by atoms with E-state index < -0.39 is 33.5 Å². The van der Waals surface area contributed by atoms with Crippen LogP contribution in [-0.4, -0.2) is 45.1 Å². The molecule has 0 saturated carbocycles. The number of anilines is 1. The maximum Gasteiger partial charge on any atom is 0.310 e. The van der Waals surface area contributed by atoms with Crippen molar-refractivity contribution in [2.24, 2.45) is 0 Å². The van der Waals surface area contributed by atoms with Gasteiger partial charge in [-0.2, -0.15) is 0 Å². The van der Waals surface area contributed by atoms with Crippen LogP contribution >= 0.6 is 0 Å². The number of carbonyl (C=O) groups is 2. The average Bonchev–Trinajstić information content (AvgIpc) is 2.77. The van der Waals surface area contributed by atoms with E-state index in [0.717, 1.165) is 12.1 Å². The minimum atomic E-state index is -4.06. The highest BCUT2D eigenvalue weighted by molar-refractivity contribution is 7.92. The second-order valence-electron chi connectivity index (χ2n) is 9.29. The van der Waals surface area contributed by atoms with Gasteiger partial charge in [-0.1, -0.05) is 13.0 Å². The first-order valence-electron chi connectivity index (χ1n) is 11.5. The van der Waals surface area contributed by atoms with Gasteiger partial charge in [-0.05, 0) is 62.7 Å². The molecule has 2 aromatic rings. The summed E-state index contributed by atoms with van der Waals surface area (Å²) < 4.78 is 53.1. The van der Waals surface area contributed by atoms with Crippen molar-refractivity contribution in [2.75, 3.05) is 17.4 Å². The number of rotatable bonds is 8.